The second-order valence-corrected chi connectivity index (χ2v) is 28.9. The highest BCUT2D eigenvalue weighted by atomic mass is 28.4. The maximum Gasteiger partial charge on any atom is 0.335 e. The Morgan fingerprint density at radius 1 is 0.643 bits per heavy atom. The number of hydrogen-bond acceptors (Lipinski definition) is 6. The van der Waals surface area contributed by atoms with Crippen LogP contribution < -0.4 is 0 Å². The van der Waals surface area contributed by atoms with Crippen LogP contribution in [0.3, 0.4) is 0 Å². The van der Waals surface area contributed by atoms with Gasteiger partial charge in [0.2, 0.25) is 16.6 Å². The summed E-state index contributed by atoms with van der Waals surface area (Å²) in [5.41, 5.74) is -1.71. The highest BCUT2D eigenvalue weighted by Crippen LogP contribution is 2.30. The molecule has 0 fully saturated rings. The number of hydrogen-bond donors (Lipinski definition) is 0. The zero-order chi connectivity index (χ0) is 22.6. The first-order valence-electron chi connectivity index (χ1n) is 9.98. The molecule has 0 bridgehead atoms. The first kappa shape index (κ1) is 27.7. The average Bonchev–Trinajstić information content (AvgIpc) is 2.35. The van der Waals surface area contributed by atoms with Crippen molar-refractivity contribution in [1.82, 2.24) is 0 Å². The summed E-state index contributed by atoms with van der Waals surface area (Å²) in [6.45, 7) is 24.2. The van der Waals surface area contributed by atoms with Crippen molar-refractivity contribution in [2.24, 2.45) is 0 Å². The minimum absolute atomic E-state index is 0.203. The van der Waals surface area contributed by atoms with Gasteiger partial charge >= 0.3 is 11.9 Å². The maximum atomic E-state index is 13.3. The summed E-state index contributed by atoms with van der Waals surface area (Å²) in [5.74, 6) is -1.21. The third kappa shape index (κ3) is 11.7. The fourth-order valence-electron chi connectivity index (χ4n) is 2.37. The van der Waals surface area contributed by atoms with Crippen LogP contribution in [0, 0.1) is 0 Å². The fraction of sp³-hybridized carbons (Fsp3) is 0.889. The SMILES string of the molecule is C[Si](C)(C)OCCCC(O[Si](C)(C)C)(C(=O)O[Si](C)(C)C)C(=O)O[Si](C)(C)C. The Morgan fingerprint density at radius 2 is 1.04 bits per heavy atom. The van der Waals surface area contributed by atoms with Crippen LogP contribution in [-0.2, 0) is 27.3 Å². The van der Waals surface area contributed by atoms with E-state index >= 15 is 0 Å². The van der Waals surface area contributed by atoms with Gasteiger partial charge in [-0.2, -0.15) is 0 Å². The molecule has 0 saturated carbocycles. The van der Waals surface area contributed by atoms with E-state index in [4.69, 9.17) is 17.7 Å². The standard InChI is InChI=1S/C18H42O6Si4/c1-25(2,3)21-15-13-14-18(24-28(10,11)12,16(19)22-26(4,5)6)17(20)23-27(7,8)9/h13-15H2,1-12H3. The largest absolute Gasteiger partial charge is 0.517 e. The first-order chi connectivity index (χ1) is 12.2. The fourth-order valence-corrected chi connectivity index (χ4v) is 5.88. The number of carbonyl (C=O) groups excluding carboxylic acids is 2. The molecule has 0 aliphatic carbocycles. The van der Waals surface area contributed by atoms with Crippen LogP contribution in [0.25, 0.3) is 0 Å². The summed E-state index contributed by atoms with van der Waals surface area (Å²) >= 11 is 0. The van der Waals surface area contributed by atoms with E-state index in [1.165, 1.54) is 0 Å². The first-order valence-corrected chi connectivity index (χ1v) is 23.6. The second-order valence-electron chi connectivity index (χ2n) is 11.1. The molecule has 0 rings (SSSR count). The van der Waals surface area contributed by atoms with Crippen molar-refractivity contribution in [3.8, 4) is 0 Å². The van der Waals surface area contributed by atoms with E-state index in [9.17, 15) is 9.59 Å². The van der Waals surface area contributed by atoms with Gasteiger partial charge in [0.15, 0.2) is 16.6 Å². The predicted molar refractivity (Wildman–Crippen MR) is 125 cm³/mol. The smallest absolute Gasteiger partial charge is 0.335 e. The lowest BCUT2D eigenvalue weighted by Crippen LogP contribution is -2.59. The molecule has 0 atom stereocenters. The van der Waals surface area contributed by atoms with E-state index in [0.29, 0.717) is 13.0 Å². The third-order valence-electron chi connectivity index (χ3n) is 3.15. The van der Waals surface area contributed by atoms with E-state index in [2.05, 4.69) is 19.6 Å². The van der Waals surface area contributed by atoms with Gasteiger partial charge < -0.3 is 17.7 Å². The van der Waals surface area contributed by atoms with Gasteiger partial charge in [0.1, 0.15) is 0 Å². The molecule has 0 spiro atoms. The Hall–Kier alpha value is -0.272. The number of rotatable bonds is 11. The van der Waals surface area contributed by atoms with Crippen LogP contribution in [0.5, 0.6) is 0 Å². The van der Waals surface area contributed by atoms with Gasteiger partial charge in [-0.1, -0.05) is 0 Å². The molecule has 0 radical (unpaired) electrons. The van der Waals surface area contributed by atoms with Crippen LogP contribution in [-0.4, -0.2) is 57.4 Å². The van der Waals surface area contributed by atoms with Crippen molar-refractivity contribution in [2.45, 2.75) is 97.0 Å². The monoisotopic (exact) mass is 466 g/mol. The van der Waals surface area contributed by atoms with Gasteiger partial charge in [-0.3, -0.25) is 0 Å². The zero-order valence-electron chi connectivity index (χ0n) is 20.1. The zero-order valence-corrected chi connectivity index (χ0v) is 24.1. The summed E-state index contributed by atoms with van der Waals surface area (Å²) < 4.78 is 23.7. The summed E-state index contributed by atoms with van der Waals surface area (Å²) in [7, 11) is -8.40. The second kappa shape index (κ2) is 9.69. The minimum Gasteiger partial charge on any atom is -0.517 e. The number of carbonyl (C=O) groups is 2. The summed E-state index contributed by atoms with van der Waals surface area (Å²) in [6.07, 6.45) is 0.727. The highest BCUT2D eigenvalue weighted by molar-refractivity contribution is 6.73. The van der Waals surface area contributed by atoms with Crippen molar-refractivity contribution < 1.29 is 27.3 Å². The van der Waals surface area contributed by atoms with Crippen LogP contribution in [0.2, 0.25) is 78.6 Å². The molecule has 0 heterocycles. The van der Waals surface area contributed by atoms with Crippen LogP contribution in [0.1, 0.15) is 12.8 Å². The third-order valence-corrected chi connectivity index (χ3v) is 6.77. The molecule has 0 amide bonds. The van der Waals surface area contributed by atoms with Crippen LogP contribution >= 0.6 is 0 Å². The molecule has 28 heavy (non-hydrogen) atoms. The average molecular weight is 467 g/mol. The lowest BCUT2D eigenvalue weighted by molar-refractivity contribution is -0.171. The molecule has 166 valence electrons. The van der Waals surface area contributed by atoms with Crippen molar-refractivity contribution in [3.63, 3.8) is 0 Å². The molecule has 0 N–H and O–H groups in total. The minimum atomic E-state index is -2.27. The Morgan fingerprint density at radius 3 is 1.32 bits per heavy atom. The predicted octanol–water partition coefficient (Wildman–Crippen LogP) is 4.96. The Labute approximate surface area is 176 Å². The molecule has 0 aromatic heterocycles. The molecule has 6 nitrogen and oxygen atoms in total. The van der Waals surface area contributed by atoms with Crippen LogP contribution in [0.4, 0.5) is 0 Å². The van der Waals surface area contributed by atoms with Gasteiger partial charge in [0, 0.05) is 6.61 Å². The quantitative estimate of drug-likeness (QED) is 0.243. The van der Waals surface area contributed by atoms with Gasteiger partial charge in [-0.15, -0.1) is 0 Å². The Bertz CT molecular complexity index is 510. The van der Waals surface area contributed by atoms with Gasteiger partial charge in [-0.25, -0.2) is 9.59 Å². The molecular formula is C18H42O6Si4. The van der Waals surface area contributed by atoms with Crippen molar-refractivity contribution in [2.75, 3.05) is 6.61 Å². The summed E-state index contributed by atoms with van der Waals surface area (Å²) in [4.78, 5) is 26.5. The molecule has 0 aromatic carbocycles. The molecule has 0 aromatic rings. The van der Waals surface area contributed by atoms with E-state index in [1.54, 1.807) is 0 Å². The van der Waals surface area contributed by atoms with Crippen molar-refractivity contribution in [1.29, 1.82) is 0 Å². The molecule has 0 unspecified atom stereocenters. The molecule has 0 saturated heterocycles. The Balaban J connectivity index is 5.91. The normalized spacial score (nSPS) is 14.0. The lowest BCUT2D eigenvalue weighted by atomic mass is 9.98. The van der Waals surface area contributed by atoms with E-state index in [-0.39, 0.29) is 6.42 Å². The molecule has 0 aliphatic rings. The summed E-state index contributed by atoms with van der Waals surface area (Å²) in [6, 6.07) is 0. The van der Waals surface area contributed by atoms with Gasteiger partial charge in [0.25, 0.3) is 5.60 Å². The van der Waals surface area contributed by atoms with Crippen molar-refractivity contribution in [3.05, 3.63) is 0 Å². The van der Waals surface area contributed by atoms with Crippen molar-refractivity contribution >= 4 is 45.2 Å². The summed E-state index contributed by atoms with van der Waals surface area (Å²) in [5, 5.41) is 0. The van der Waals surface area contributed by atoms with E-state index in [0.717, 1.165) is 0 Å². The van der Waals surface area contributed by atoms with E-state index < -0.39 is 50.8 Å². The molecule has 0 aliphatic heterocycles. The lowest BCUT2D eigenvalue weighted by Gasteiger charge is -2.38. The van der Waals surface area contributed by atoms with Gasteiger partial charge in [-0.05, 0) is 91.4 Å². The van der Waals surface area contributed by atoms with Crippen LogP contribution in [0.15, 0.2) is 0 Å². The Kier molecular flexibility index (Phi) is 9.60. The topological polar surface area (TPSA) is 71.1 Å². The molecule has 10 heteroatoms. The van der Waals surface area contributed by atoms with Gasteiger partial charge in [0.05, 0.1) is 0 Å². The highest BCUT2D eigenvalue weighted by Gasteiger charge is 2.54. The maximum absolute atomic E-state index is 13.3. The molecular weight excluding hydrogens is 425 g/mol. The van der Waals surface area contributed by atoms with E-state index in [1.807, 2.05) is 58.9 Å².